The first kappa shape index (κ1) is 17.9. The number of carbonyl (C=O) groups excluding carboxylic acids is 1. The normalized spacial score (nSPS) is 20.0. The molecule has 0 saturated carbocycles. The number of benzene rings is 2. The highest BCUT2D eigenvalue weighted by atomic mass is 32.1. The van der Waals surface area contributed by atoms with Crippen LogP contribution >= 0.6 is 12.2 Å². The molecule has 2 aromatic rings. The molecule has 1 saturated heterocycles. The molecule has 0 bridgehead atoms. The fraction of sp³-hybridized carbons (Fsp3) is 0.222. The second-order valence-corrected chi connectivity index (χ2v) is 6.47. The first-order valence-corrected chi connectivity index (χ1v) is 8.40. The van der Waals surface area contributed by atoms with Gasteiger partial charge in [0, 0.05) is 14.1 Å². The molecule has 1 heterocycles. The van der Waals surface area contributed by atoms with Crippen molar-refractivity contribution in [2.24, 2.45) is 10.3 Å². The third kappa shape index (κ3) is 4.02. The Hall–Kier alpha value is -2.87. The molecule has 134 valence electrons. The van der Waals surface area contributed by atoms with E-state index in [1.807, 2.05) is 12.1 Å². The molecule has 1 aliphatic rings. The lowest BCUT2D eigenvalue weighted by Gasteiger charge is -2.32. The number of halogens is 1. The van der Waals surface area contributed by atoms with Crippen LogP contribution in [0, 0.1) is 5.82 Å². The quantitative estimate of drug-likeness (QED) is 0.491. The largest absolute Gasteiger partial charge is 0.349 e. The molecule has 2 N–H and O–H groups in total. The smallest absolute Gasteiger partial charge is 0.186 e. The van der Waals surface area contributed by atoms with Gasteiger partial charge in [0.15, 0.2) is 10.9 Å². The van der Waals surface area contributed by atoms with E-state index in [0.29, 0.717) is 16.4 Å². The summed E-state index contributed by atoms with van der Waals surface area (Å²) in [6, 6.07) is 11.8. The van der Waals surface area contributed by atoms with Crippen LogP contribution in [0.4, 0.5) is 10.1 Å². The Morgan fingerprint density at radius 2 is 1.46 bits per heavy atom. The van der Waals surface area contributed by atoms with Crippen molar-refractivity contribution in [3.05, 3.63) is 65.5 Å². The number of Topliss-reactive ketones (excluding diaryl/α,β-unsaturated/α-hetero) is 1. The van der Waals surface area contributed by atoms with E-state index in [1.165, 1.54) is 12.1 Å². The van der Waals surface area contributed by atoms with Crippen LogP contribution in [0.2, 0.25) is 0 Å². The molecule has 1 fully saturated rings. The second kappa shape index (κ2) is 7.57. The molecule has 0 amide bonds. The van der Waals surface area contributed by atoms with Crippen molar-refractivity contribution < 1.29 is 9.18 Å². The van der Waals surface area contributed by atoms with Crippen molar-refractivity contribution in [1.82, 2.24) is 15.6 Å². The van der Waals surface area contributed by atoms with E-state index in [-0.39, 0.29) is 11.6 Å². The van der Waals surface area contributed by atoms with E-state index in [2.05, 4.69) is 21.0 Å². The Kier molecular flexibility index (Phi) is 5.22. The molecular weight excluding hydrogens is 353 g/mol. The number of rotatable bonds is 4. The number of hydrogen-bond donors (Lipinski definition) is 2. The predicted molar refractivity (Wildman–Crippen MR) is 100 cm³/mol. The molecule has 0 spiro atoms. The molecule has 26 heavy (non-hydrogen) atoms. The number of hydrogen-bond acceptors (Lipinski definition) is 4. The van der Waals surface area contributed by atoms with Crippen molar-refractivity contribution in [3.63, 3.8) is 0 Å². The average Bonchev–Trinajstić information content (AvgIpc) is 2.63. The van der Waals surface area contributed by atoms with Gasteiger partial charge < -0.3 is 10.6 Å². The summed E-state index contributed by atoms with van der Waals surface area (Å²) in [5.74, 6) is -0.440. The molecule has 2 aromatic carbocycles. The Labute approximate surface area is 156 Å². The van der Waals surface area contributed by atoms with Gasteiger partial charge in [-0.1, -0.05) is 29.5 Å². The fourth-order valence-corrected chi connectivity index (χ4v) is 2.87. The third-order valence-electron chi connectivity index (χ3n) is 3.89. The summed E-state index contributed by atoms with van der Waals surface area (Å²) in [5, 5.41) is 15.9. The summed E-state index contributed by atoms with van der Waals surface area (Å²) in [5.41, 5.74) is 2.12. The van der Waals surface area contributed by atoms with E-state index in [4.69, 9.17) is 12.2 Å². The highest BCUT2D eigenvalue weighted by Gasteiger charge is 2.34. The van der Waals surface area contributed by atoms with Gasteiger partial charge in [0.1, 0.15) is 17.9 Å². The number of thiocarbonyl (C=S) groups is 1. The second-order valence-electron chi connectivity index (χ2n) is 6.07. The first-order chi connectivity index (χ1) is 12.4. The Morgan fingerprint density at radius 3 is 1.96 bits per heavy atom. The number of ketones is 1. The monoisotopic (exact) mass is 371 g/mol. The maximum atomic E-state index is 13.2. The number of carbonyl (C=O) groups is 1. The topological polar surface area (TPSA) is 69.1 Å². The van der Waals surface area contributed by atoms with E-state index in [9.17, 15) is 9.18 Å². The van der Waals surface area contributed by atoms with Crippen LogP contribution in [0.3, 0.4) is 0 Å². The van der Waals surface area contributed by atoms with Gasteiger partial charge in [-0.05, 0) is 47.6 Å². The van der Waals surface area contributed by atoms with Crippen LogP contribution in [0.1, 0.15) is 23.2 Å². The van der Waals surface area contributed by atoms with Crippen molar-refractivity contribution in [1.29, 1.82) is 0 Å². The van der Waals surface area contributed by atoms with E-state index < -0.39 is 12.1 Å². The molecule has 0 radical (unpaired) electrons. The van der Waals surface area contributed by atoms with Crippen molar-refractivity contribution in [2.75, 3.05) is 14.1 Å². The van der Waals surface area contributed by atoms with Crippen LogP contribution in [0.5, 0.6) is 0 Å². The SMILES string of the molecule is CN(C)N=Nc1ccc(C2NC(=S)NC(c3ccc(F)cc3)C2=O)cc1. The zero-order chi connectivity index (χ0) is 18.7. The van der Waals surface area contributed by atoms with E-state index in [1.54, 1.807) is 43.4 Å². The van der Waals surface area contributed by atoms with Crippen molar-refractivity contribution in [2.45, 2.75) is 12.1 Å². The van der Waals surface area contributed by atoms with E-state index in [0.717, 1.165) is 5.56 Å². The third-order valence-corrected chi connectivity index (χ3v) is 4.12. The minimum absolute atomic E-state index is 0.0899. The summed E-state index contributed by atoms with van der Waals surface area (Å²) < 4.78 is 13.2. The summed E-state index contributed by atoms with van der Waals surface area (Å²) >= 11 is 5.25. The van der Waals surface area contributed by atoms with Crippen LogP contribution in [-0.4, -0.2) is 30.0 Å². The van der Waals surface area contributed by atoms with Crippen molar-refractivity contribution >= 4 is 28.8 Å². The summed E-state index contributed by atoms with van der Waals surface area (Å²) in [7, 11) is 3.57. The Morgan fingerprint density at radius 1 is 0.962 bits per heavy atom. The Balaban J connectivity index is 1.83. The van der Waals surface area contributed by atoms with Crippen LogP contribution < -0.4 is 10.6 Å². The molecule has 8 heteroatoms. The van der Waals surface area contributed by atoms with Gasteiger partial charge in [0.25, 0.3) is 0 Å². The van der Waals surface area contributed by atoms with Gasteiger partial charge in [-0.15, -0.1) is 5.11 Å². The minimum atomic E-state index is -0.623. The first-order valence-electron chi connectivity index (χ1n) is 7.99. The molecule has 3 rings (SSSR count). The lowest BCUT2D eigenvalue weighted by atomic mass is 9.92. The number of nitrogens with one attached hydrogen (secondary N) is 2. The molecular formula is C18H18FN5OS. The molecule has 0 aromatic heterocycles. The van der Waals surface area contributed by atoms with Gasteiger partial charge in [-0.2, -0.15) is 0 Å². The van der Waals surface area contributed by atoms with Gasteiger partial charge >= 0.3 is 0 Å². The summed E-state index contributed by atoms with van der Waals surface area (Å²) in [6.45, 7) is 0. The minimum Gasteiger partial charge on any atom is -0.349 e. The van der Waals surface area contributed by atoms with Gasteiger partial charge in [-0.25, -0.2) is 4.39 Å². The van der Waals surface area contributed by atoms with Crippen LogP contribution in [-0.2, 0) is 4.79 Å². The highest BCUT2D eigenvalue weighted by Crippen LogP contribution is 2.28. The Bertz CT molecular complexity index is 836. The van der Waals surface area contributed by atoms with Crippen LogP contribution in [0.25, 0.3) is 0 Å². The van der Waals surface area contributed by atoms with E-state index >= 15 is 0 Å². The molecule has 0 aliphatic carbocycles. The fourth-order valence-electron chi connectivity index (χ4n) is 2.64. The molecule has 1 aliphatic heterocycles. The molecule has 6 nitrogen and oxygen atoms in total. The molecule has 2 atom stereocenters. The maximum absolute atomic E-state index is 13.2. The van der Waals surface area contributed by atoms with Gasteiger partial charge in [-0.3, -0.25) is 9.80 Å². The summed E-state index contributed by atoms with van der Waals surface area (Å²) in [4.78, 5) is 12.9. The zero-order valence-corrected chi connectivity index (χ0v) is 15.1. The van der Waals surface area contributed by atoms with Gasteiger partial charge in [0.2, 0.25) is 0 Å². The molecule has 2 unspecified atom stereocenters. The lowest BCUT2D eigenvalue weighted by Crippen LogP contribution is -2.52. The van der Waals surface area contributed by atoms with Gasteiger partial charge in [0.05, 0.1) is 5.69 Å². The maximum Gasteiger partial charge on any atom is 0.186 e. The lowest BCUT2D eigenvalue weighted by molar-refractivity contribution is -0.123. The number of nitrogens with zero attached hydrogens (tertiary/aromatic N) is 3. The zero-order valence-electron chi connectivity index (χ0n) is 14.3. The summed E-state index contributed by atoms with van der Waals surface area (Å²) in [6.07, 6.45) is 0. The standard InChI is InChI=1S/C18H18FN5OS/c1-24(2)23-22-14-9-5-12(6-10-14)16-17(25)15(20-18(26)21-16)11-3-7-13(19)8-4-11/h3-10,15-16H,1-2H3,(H2,20,21,26). The van der Waals surface area contributed by atoms with Crippen LogP contribution in [0.15, 0.2) is 58.9 Å². The highest BCUT2D eigenvalue weighted by molar-refractivity contribution is 7.80. The van der Waals surface area contributed by atoms with Crippen molar-refractivity contribution in [3.8, 4) is 0 Å². The average molecular weight is 371 g/mol. The predicted octanol–water partition coefficient (Wildman–Crippen LogP) is 3.22.